The third-order valence-electron chi connectivity index (χ3n) is 2.76. The van der Waals surface area contributed by atoms with Crippen LogP contribution in [0.25, 0.3) is 11.1 Å². The molecule has 5 heteroatoms. The highest BCUT2D eigenvalue weighted by molar-refractivity contribution is 5.66. The van der Waals surface area contributed by atoms with E-state index >= 15 is 0 Å². The second-order valence-corrected chi connectivity index (χ2v) is 4.26. The molecule has 0 aliphatic heterocycles. The Morgan fingerprint density at radius 2 is 1.40 bits per heavy atom. The van der Waals surface area contributed by atoms with E-state index in [1.165, 1.54) is 12.1 Å². The van der Waals surface area contributed by atoms with Crippen molar-refractivity contribution < 1.29 is 17.9 Å². The van der Waals surface area contributed by atoms with Crippen molar-refractivity contribution in [3.05, 3.63) is 48.5 Å². The van der Waals surface area contributed by atoms with E-state index in [9.17, 15) is 13.2 Å². The van der Waals surface area contributed by atoms with Crippen LogP contribution >= 0.6 is 0 Å². The molecular formula is C15H14F3NO. The molecule has 2 aromatic carbocycles. The smallest absolute Gasteiger partial charge is 0.422 e. The van der Waals surface area contributed by atoms with Gasteiger partial charge in [-0.2, -0.15) is 13.2 Å². The van der Waals surface area contributed by atoms with Crippen molar-refractivity contribution in [2.45, 2.75) is 6.18 Å². The molecule has 2 rings (SSSR count). The number of rotatable bonds is 4. The van der Waals surface area contributed by atoms with Crippen LogP contribution in [0.15, 0.2) is 48.5 Å². The van der Waals surface area contributed by atoms with E-state index in [-0.39, 0.29) is 5.75 Å². The van der Waals surface area contributed by atoms with Crippen LogP contribution in [0.2, 0.25) is 0 Å². The summed E-state index contributed by atoms with van der Waals surface area (Å²) in [6.07, 6.45) is -4.32. The third kappa shape index (κ3) is 3.91. The highest BCUT2D eigenvalue weighted by Crippen LogP contribution is 2.25. The largest absolute Gasteiger partial charge is 0.484 e. The number of hydrogen-bond donors (Lipinski definition) is 1. The summed E-state index contributed by atoms with van der Waals surface area (Å²) < 4.78 is 40.7. The molecule has 0 heterocycles. The predicted octanol–water partition coefficient (Wildman–Crippen LogP) is 4.34. The summed E-state index contributed by atoms with van der Waals surface area (Å²) in [5, 5.41) is 3.02. The topological polar surface area (TPSA) is 21.3 Å². The number of nitrogens with one attached hydrogen (secondary N) is 1. The van der Waals surface area contributed by atoms with Crippen LogP contribution in [-0.2, 0) is 0 Å². The summed E-state index contributed by atoms with van der Waals surface area (Å²) in [5.41, 5.74) is 2.91. The molecule has 0 amide bonds. The van der Waals surface area contributed by atoms with Gasteiger partial charge in [-0.1, -0.05) is 24.3 Å². The zero-order chi connectivity index (χ0) is 14.6. The fourth-order valence-electron chi connectivity index (χ4n) is 1.74. The van der Waals surface area contributed by atoms with Crippen molar-refractivity contribution in [1.29, 1.82) is 0 Å². The molecule has 0 atom stereocenters. The highest BCUT2D eigenvalue weighted by Gasteiger charge is 2.28. The minimum atomic E-state index is -4.32. The fraction of sp³-hybridized carbons (Fsp3) is 0.200. The van der Waals surface area contributed by atoms with Gasteiger partial charge in [-0.15, -0.1) is 0 Å². The van der Waals surface area contributed by atoms with E-state index in [1.54, 1.807) is 12.1 Å². The van der Waals surface area contributed by atoms with Crippen LogP contribution in [-0.4, -0.2) is 19.8 Å². The first-order valence-electron chi connectivity index (χ1n) is 6.06. The monoisotopic (exact) mass is 281 g/mol. The maximum Gasteiger partial charge on any atom is 0.422 e. The van der Waals surface area contributed by atoms with Gasteiger partial charge in [0.25, 0.3) is 0 Å². The highest BCUT2D eigenvalue weighted by atomic mass is 19.4. The van der Waals surface area contributed by atoms with Gasteiger partial charge in [0.05, 0.1) is 0 Å². The summed E-state index contributed by atoms with van der Waals surface area (Å²) in [4.78, 5) is 0. The number of benzene rings is 2. The van der Waals surface area contributed by atoms with E-state index in [4.69, 9.17) is 0 Å². The molecule has 0 radical (unpaired) electrons. The van der Waals surface area contributed by atoms with Crippen LogP contribution in [0, 0.1) is 0 Å². The number of hydrogen-bond acceptors (Lipinski definition) is 2. The first-order chi connectivity index (χ1) is 9.48. The summed E-state index contributed by atoms with van der Waals surface area (Å²) in [7, 11) is 1.84. The van der Waals surface area contributed by atoms with Gasteiger partial charge in [0.2, 0.25) is 0 Å². The molecule has 0 aromatic heterocycles. The molecule has 0 aliphatic carbocycles. The Balaban J connectivity index is 2.07. The van der Waals surface area contributed by atoms with Crippen LogP contribution in [0.1, 0.15) is 0 Å². The molecule has 0 unspecified atom stereocenters. The SMILES string of the molecule is CNc1ccc(-c2ccc(OCC(F)(F)F)cc2)cc1. The number of halogens is 3. The van der Waals surface area contributed by atoms with Crippen molar-refractivity contribution in [1.82, 2.24) is 0 Å². The van der Waals surface area contributed by atoms with Gasteiger partial charge in [-0.25, -0.2) is 0 Å². The molecular weight excluding hydrogens is 267 g/mol. The maximum atomic E-state index is 12.0. The number of alkyl halides is 3. The first kappa shape index (κ1) is 14.2. The van der Waals surface area contributed by atoms with Crippen LogP contribution < -0.4 is 10.1 Å². The van der Waals surface area contributed by atoms with Crippen LogP contribution in [0.4, 0.5) is 18.9 Å². The summed E-state index contributed by atoms with van der Waals surface area (Å²) in [6, 6.07) is 14.3. The summed E-state index contributed by atoms with van der Waals surface area (Å²) in [5.74, 6) is 0.206. The Bertz CT molecular complexity index is 547. The summed E-state index contributed by atoms with van der Waals surface area (Å²) in [6.45, 7) is -1.27. The number of anilines is 1. The lowest BCUT2D eigenvalue weighted by Gasteiger charge is -2.10. The van der Waals surface area contributed by atoms with Gasteiger partial charge in [-0.05, 0) is 35.4 Å². The molecule has 0 spiro atoms. The van der Waals surface area contributed by atoms with Gasteiger partial charge in [0, 0.05) is 12.7 Å². The lowest BCUT2D eigenvalue weighted by atomic mass is 10.1. The Labute approximate surface area is 115 Å². The average molecular weight is 281 g/mol. The van der Waals surface area contributed by atoms with Crippen LogP contribution in [0.3, 0.4) is 0 Å². The molecule has 106 valence electrons. The van der Waals surface area contributed by atoms with Crippen molar-refractivity contribution >= 4 is 5.69 Å². The van der Waals surface area contributed by atoms with Gasteiger partial charge < -0.3 is 10.1 Å². The maximum absolute atomic E-state index is 12.0. The molecule has 0 fully saturated rings. The molecule has 2 nitrogen and oxygen atoms in total. The van der Waals surface area contributed by atoms with Crippen molar-refractivity contribution in [3.8, 4) is 16.9 Å². The minimum Gasteiger partial charge on any atom is -0.484 e. The average Bonchev–Trinajstić information content (AvgIpc) is 2.45. The van der Waals surface area contributed by atoms with Gasteiger partial charge >= 0.3 is 6.18 Å². The summed E-state index contributed by atoms with van der Waals surface area (Å²) >= 11 is 0. The molecule has 0 saturated heterocycles. The molecule has 1 N–H and O–H groups in total. The zero-order valence-electron chi connectivity index (χ0n) is 10.9. The molecule has 2 aromatic rings. The molecule has 0 aliphatic rings. The quantitative estimate of drug-likeness (QED) is 0.900. The van der Waals surface area contributed by atoms with Gasteiger partial charge in [-0.3, -0.25) is 0 Å². The van der Waals surface area contributed by atoms with E-state index in [0.717, 1.165) is 16.8 Å². The lowest BCUT2D eigenvalue weighted by Crippen LogP contribution is -2.19. The van der Waals surface area contributed by atoms with E-state index in [0.29, 0.717) is 0 Å². The first-order valence-corrected chi connectivity index (χ1v) is 6.06. The molecule has 20 heavy (non-hydrogen) atoms. The van der Waals surface area contributed by atoms with Crippen molar-refractivity contribution in [3.63, 3.8) is 0 Å². The normalized spacial score (nSPS) is 11.2. The Kier molecular flexibility index (Phi) is 4.17. The molecule has 0 bridgehead atoms. The third-order valence-corrected chi connectivity index (χ3v) is 2.76. The standard InChI is InChI=1S/C15H14F3NO/c1-19-13-6-2-11(3-7-13)12-4-8-14(9-5-12)20-10-15(16,17)18/h2-9,19H,10H2,1H3. The van der Waals surface area contributed by atoms with Gasteiger partial charge in [0.1, 0.15) is 5.75 Å². The van der Waals surface area contributed by atoms with E-state index < -0.39 is 12.8 Å². The van der Waals surface area contributed by atoms with E-state index in [1.807, 2.05) is 31.3 Å². The fourth-order valence-corrected chi connectivity index (χ4v) is 1.74. The Morgan fingerprint density at radius 1 is 0.900 bits per heavy atom. The Morgan fingerprint density at radius 3 is 1.85 bits per heavy atom. The second-order valence-electron chi connectivity index (χ2n) is 4.26. The second kappa shape index (κ2) is 5.86. The lowest BCUT2D eigenvalue weighted by molar-refractivity contribution is -0.153. The predicted molar refractivity (Wildman–Crippen MR) is 73.0 cm³/mol. The van der Waals surface area contributed by atoms with Crippen molar-refractivity contribution in [2.75, 3.05) is 19.0 Å². The Hall–Kier alpha value is -2.17. The van der Waals surface area contributed by atoms with Crippen molar-refractivity contribution in [2.24, 2.45) is 0 Å². The minimum absolute atomic E-state index is 0.206. The van der Waals surface area contributed by atoms with Gasteiger partial charge in [0.15, 0.2) is 6.61 Å². The van der Waals surface area contributed by atoms with Crippen LogP contribution in [0.5, 0.6) is 5.75 Å². The van der Waals surface area contributed by atoms with E-state index in [2.05, 4.69) is 10.1 Å². The zero-order valence-corrected chi connectivity index (χ0v) is 10.9. The number of ether oxygens (including phenoxy) is 1. The molecule has 0 saturated carbocycles.